The maximum absolute atomic E-state index is 12.5. The molecule has 1 heterocycles. The Balaban J connectivity index is 2.47. The fraction of sp³-hybridized carbons (Fsp3) is 0.400. The van der Waals surface area contributed by atoms with Gasteiger partial charge in [0.15, 0.2) is 0 Å². The van der Waals surface area contributed by atoms with E-state index in [9.17, 15) is 14.9 Å². The number of hydrogen-bond donors (Lipinski definition) is 1. The number of rotatable bonds is 1. The van der Waals surface area contributed by atoms with E-state index in [1.807, 2.05) is 6.07 Å². The number of likely N-dealkylation sites (N-methyl/N-ethyl adjacent to an activating group) is 1. The Morgan fingerprint density at radius 3 is 2.64 bits per heavy atom. The van der Waals surface area contributed by atoms with Gasteiger partial charge in [-0.15, -0.1) is 0 Å². The van der Waals surface area contributed by atoms with Gasteiger partial charge in [0.1, 0.15) is 11.7 Å². The molecule has 22 heavy (non-hydrogen) atoms. The van der Waals surface area contributed by atoms with Gasteiger partial charge >= 0.3 is 6.09 Å². The van der Waals surface area contributed by atoms with E-state index in [0.717, 1.165) is 0 Å². The van der Waals surface area contributed by atoms with Crippen LogP contribution in [-0.4, -0.2) is 24.6 Å². The molecule has 0 aromatic heterocycles. The first kappa shape index (κ1) is 16.3. The van der Waals surface area contributed by atoms with Crippen molar-refractivity contribution in [2.24, 2.45) is 0 Å². The third-order valence-electron chi connectivity index (χ3n) is 3.21. The summed E-state index contributed by atoms with van der Waals surface area (Å²) in [4.78, 5) is 26.0. The van der Waals surface area contributed by atoms with E-state index in [1.54, 1.807) is 46.0 Å². The molecule has 1 aliphatic rings. The van der Waals surface area contributed by atoms with E-state index in [0.29, 0.717) is 15.7 Å². The first-order valence-corrected chi connectivity index (χ1v) is 7.40. The van der Waals surface area contributed by atoms with Crippen molar-refractivity contribution in [1.82, 2.24) is 5.32 Å². The molecule has 0 aliphatic carbocycles. The van der Waals surface area contributed by atoms with Crippen LogP contribution in [0.1, 0.15) is 26.3 Å². The number of benzene rings is 1. The van der Waals surface area contributed by atoms with Crippen molar-refractivity contribution in [2.75, 3.05) is 11.9 Å². The molecule has 2 amide bonds. The molecule has 2 rings (SSSR count). The van der Waals surface area contributed by atoms with Gasteiger partial charge in [-0.1, -0.05) is 15.9 Å². The Kier molecular flexibility index (Phi) is 3.92. The highest BCUT2D eigenvalue weighted by Gasteiger charge is 2.52. The molecule has 1 aromatic rings. The Labute approximate surface area is 137 Å². The van der Waals surface area contributed by atoms with Gasteiger partial charge in [0.2, 0.25) is 5.54 Å². The summed E-state index contributed by atoms with van der Waals surface area (Å²) >= 11 is 3.32. The molecule has 116 valence electrons. The molecule has 1 aromatic carbocycles. The van der Waals surface area contributed by atoms with E-state index in [2.05, 4.69) is 21.2 Å². The number of fused-ring (bicyclic) bond motifs is 1. The van der Waals surface area contributed by atoms with Crippen molar-refractivity contribution < 1.29 is 14.3 Å². The number of nitriles is 1. The molecule has 1 unspecified atom stereocenters. The number of halogens is 1. The van der Waals surface area contributed by atoms with Gasteiger partial charge in [-0.2, -0.15) is 5.26 Å². The van der Waals surface area contributed by atoms with Crippen molar-refractivity contribution in [1.29, 1.82) is 5.26 Å². The lowest BCUT2D eigenvalue weighted by atomic mass is 9.93. The van der Waals surface area contributed by atoms with Crippen LogP contribution in [0.2, 0.25) is 0 Å². The SMILES string of the molecule is CN1C(=O)C(C#N)(NC(=O)OC(C)(C)C)c2cc(Br)ccc21. The smallest absolute Gasteiger partial charge is 0.409 e. The van der Waals surface area contributed by atoms with Crippen molar-refractivity contribution in [3.63, 3.8) is 0 Å². The molecule has 0 saturated carbocycles. The topological polar surface area (TPSA) is 82.4 Å². The van der Waals surface area contributed by atoms with Crippen LogP contribution in [-0.2, 0) is 15.1 Å². The second-order valence-electron chi connectivity index (χ2n) is 6.01. The molecule has 6 nitrogen and oxygen atoms in total. The number of anilines is 1. The highest BCUT2D eigenvalue weighted by Crippen LogP contribution is 2.40. The number of alkyl carbamates (subject to hydrolysis) is 1. The molecular weight excluding hydrogens is 350 g/mol. The zero-order valence-corrected chi connectivity index (χ0v) is 14.3. The van der Waals surface area contributed by atoms with Crippen LogP contribution >= 0.6 is 15.9 Å². The molecule has 1 atom stereocenters. The van der Waals surface area contributed by atoms with Gasteiger partial charge in [-0.3, -0.25) is 10.1 Å². The zero-order chi connectivity index (χ0) is 16.7. The van der Waals surface area contributed by atoms with Crippen LogP contribution in [0.15, 0.2) is 22.7 Å². The summed E-state index contributed by atoms with van der Waals surface area (Å²) in [5.41, 5.74) is -1.52. The van der Waals surface area contributed by atoms with Gasteiger partial charge < -0.3 is 9.64 Å². The van der Waals surface area contributed by atoms with Gasteiger partial charge in [0.05, 0.1) is 5.69 Å². The fourth-order valence-electron chi connectivity index (χ4n) is 2.29. The molecule has 0 spiro atoms. The van der Waals surface area contributed by atoms with Gasteiger partial charge in [0.25, 0.3) is 5.91 Å². The summed E-state index contributed by atoms with van der Waals surface area (Å²) in [6.45, 7) is 5.12. The number of nitrogens with zero attached hydrogens (tertiary/aromatic N) is 2. The average Bonchev–Trinajstić information content (AvgIpc) is 2.59. The normalized spacial score (nSPS) is 20.4. The van der Waals surface area contributed by atoms with E-state index in [-0.39, 0.29) is 0 Å². The third-order valence-corrected chi connectivity index (χ3v) is 3.70. The minimum Gasteiger partial charge on any atom is -0.444 e. The predicted molar refractivity (Wildman–Crippen MR) is 84.2 cm³/mol. The third kappa shape index (κ3) is 2.66. The molecular formula is C15H16BrN3O3. The number of ether oxygens (including phenoxy) is 1. The predicted octanol–water partition coefficient (Wildman–Crippen LogP) is 2.67. The Morgan fingerprint density at radius 1 is 1.45 bits per heavy atom. The molecule has 1 aliphatic heterocycles. The zero-order valence-electron chi connectivity index (χ0n) is 12.7. The summed E-state index contributed by atoms with van der Waals surface area (Å²) in [6, 6.07) is 7.07. The minimum atomic E-state index is -1.78. The maximum Gasteiger partial charge on any atom is 0.409 e. The Hall–Kier alpha value is -2.07. The lowest BCUT2D eigenvalue weighted by molar-refractivity contribution is -0.122. The van der Waals surface area contributed by atoms with Crippen LogP contribution in [0.25, 0.3) is 0 Å². The monoisotopic (exact) mass is 365 g/mol. The quantitative estimate of drug-likeness (QED) is 0.829. The Bertz CT molecular complexity index is 690. The molecule has 1 N–H and O–H groups in total. The fourth-order valence-corrected chi connectivity index (χ4v) is 2.65. The van der Waals surface area contributed by atoms with E-state index >= 15 is 0 Å². The van der Waals surface area contributed by atoms with E-state index < -0.39 is 23.1 Å². The van der Waals surface area contributed by atoms with Crippen LogP contribution < -0.4 is 10.2 Å². The largest absolute Gasteiger partial charge is 0.444 e. The van der Waals surface area contributed by atoms with Crippen molar-refractivity contribution in [2.45, 2.75) is 31.9 Å². The van der Waals surface area contributed by atoms with Crippen LogP contribution in [0.4, 0.5) is 10.5 Å². The lowest BCUT2D eigenvalue weighted by Gasteiger charge is -2.25. The van der Waals surface area contributed by atoms with E-state index in [1.165, 1.54) is 4.90 Å². The number of hydrogen-bond acceptors (Lipinski definition) is 4. The highest BCUT2D eigenvalue weighted by molar-refractivity contribution is 9.10. The lowest BCUT2D eigenvalue weighted by Crippen LogP contribution is -2.52. The summed E-state index contributed by atoms with van der Waals surface area (Å²) in [5.74, 6) is -0.519. The minimum absolute atomic E-state index is 0.419. The van der Waals surface area contributed by atoms with Crippen molar-refractivity contribution in [3.05, 3.63) is 28.2 Å². The van der Waals surface area contributed by atoms with Crippen LogP contribution in [0.3, 0.4) is 0 Å². The summed E-state index contributed by atoms with van der Waals surface area (Å²) < 4.78 is 5.88. The standard InChI is InChI=1S/C15H16BrN3O3/c1-14(2,3)22-13(21)18-15(8-17)10-7-9(16)5-6-11(10)19(4)12(15)20/h5-7H,1-4H3,(H,18,21). The molecule has 0 saturated heterocycles. The molecule has 0 radical (unpaired) electrons. The van der Waals surface area contributed by atoms with Crippen LogP contribution in [0.5, 0.6) is 0 Å². The highest BCUT2D eigenvalue weighted by atomic mass is 79.9. The van der Waals surface area contributed by atoms with Crippen molar-refractivity contribution in [3.8, 4) is 6.07 Å². The summed E-state index contributed by atoms with van der Waals surface area (Å²) in [7, 11) is 1.56. The van der Waals surface area contributed by atoms with Crippen LogP contribution in [0, 0.1) is 11.3 Å². The summed E-state index contributed by atoms with van der Waals surface area (Å²) in [6.07, 6.45) is -0.816. The van der Waals surface area contributed by atoms with E-state index in [4.69, 9.17) is 4.74 Å². The van der Waals surface area contributed by atoms with Gasteiger partial charge in [0, 0.05) is 17.1 Å². The Morgan fingerprint density at radius 2 is 2.09 bits per heavy atom. The second kappa shape index (κ2) is 5.29. The number of carbonyl (C=O) groups excluding carboxylic acids is 2. The number of nitrogens with one attached hydrogen (secondary N) is 1. The molecule has 7 heteroatoms. The number of carbonyl (C=O) groups is 2. The maximum atomic E-state index is 12.5. The molecule has 0 bridgehead atoms. The average molecular weight is 366 g/mol. The van der Waals surface area contributed by atoms with Gasteiger partial charge in [-0.05, 0) is 39.0 Å². The second-order valence-corrected chi connectivity index (χ2v) is 6.93. The summed E-state index contributed by atoms with van der Waals surface area (Å²) in [5, 5.41) is 12.0. The van der Waals surface area contributed by atoms with Gasteiger partial charge in [-0.25, -0.2) is 4.79 Å². The number of amides is 2. The molecule has 0 fully saturated rings. The van der Waals surface area contributed by atoms with Crippen molar-refractivity contribution >= 4 is 33.6 Å². The first-order chi connectivity index (χ1) is 10.1. The first-order valence-electron chi connectivity index (χ1n) is 6.61.